The van der Waals surface area contributed by atoms with Gasteiger partial charge in [0.25, 0.3) is 5.91 Å². The number of likely N-dealkylation sites (N-methyl/N-ethyl adjacent to an activating group) is 1. The second-order valence-corrected chi connectivity index (χ2v) is 4.99. The molecule has 0 bridgehead atoms. The number of unbranched alkanes of at least 4 members (excludes halogenated alkanes) is 2. The first-order chi connectivity index (χ1) is 9.13. The quantitative estimate of drug-likeness (QED) is 0.828. The lowest BCUT2D eigenvalue weighted by molar-refractivity contribution is -0.125. The highest BCUT2D eigenvalue weighted by molar-refractivity contribution is 5.99. The molecule has 4 nitrogen and oxygen atoms in total. The number of aliphatic hydroxyl groups is 1. The summed E-state index contributed by atoms with van der Waals surface area (Å²) >= 11 is 0. The Morgan fingerprint density at radius 1 is 1.32 bits per heavy atom. The number of rotatable bonds is 5. The van der Waals surface area contributed by atoms with Crippen LogP contribution in [0.5, 0.6) is 5.75 Å². The van der Waals surface area contributed by atoms with Gasteiger partial charge in [-0.05, 0) is 43.9 Å². The summed E-state index contributed by atoms with van der Waals surface area (Å²) in [6, 6.07) is 6.02. The lowest BCUT2D eigenvalue weighted by Crippen LogP contribution is -2.42. The number of ether oxygens (including phenoxy) is 1. The van der Waals surface area contributed by atoms with Crippen LogP contribution in [-0.2, 0) is 11.2 Å². The van der Waals surface area contributed by atoms with Crippen molar-refractivity contribution >= 4 is 11.6 Å². The summed E-state index contributed by atoms with van der Waals surface area (Å²) in [5.41, 5.74) is 2.05. The number of carbonyl (C=O) groups excluding carboxylic acids is 1. The number of hydrogen-bond donors (Lipinski definition) is 1. The molecule has 1 aliphatic heterocycles. The Morgan fingerprint density at radius 2 is 2.11 bits per heavy atom. The van der Waals surface area contributed by atoms with Gasteiger partial charge in [-0.3, -0.25) is 4.79 Å². The molecule has 0 fully saturated rings. The standard InChI is InChI=1S/C15H21NO3/c1-11-15(18)16(2)13-10-12(6-4-3-5-9-17)7-8-14(13)19-11/h7-8,10-11,17H,3-6,9H2,1-2H3. The van der Waals surface area contributed by atoms with Crippen LogP contribution in [0.25, 0.3) is 0 Å². The van der Waals surface area contributed by atoms with Gasteiger partial charge in [-0.2, -0.15) is 0 Å². The van der Waals surface area contributed by atoms with Gasteiger partial charge in [-0.15, -0.1) is 0 Å². The Kier molecular flexibility index (Phi) is 4.43. The monoisotopic (exact) mass is 263 g/mol. The van der Waals surface area contributed by atoms with E-state index in [9.17, 15) is 4.79 Å². The van der Waals surface area contributed by atoms with Gasteiger partial charge in [0.1, 0.15) is 5.75 Å². The SMILES string of the molecule is CC1Oc2ccc(CCCCCO)cc2N(C)C1=O. The smallest absolute Gasteiger partial charge is 0.267 e. The number of anilines is 1. The summed E-state index contributed by atoms with van der Waals surface area (Å²) in [6.45, 7) is 2.03. The Labute approximate surface area is 114 Å². The van der Waals surface area contributed by atoms with E-state index in [1.54, 1.807) is 18.9 Å². The third-order valence-electron chi connectivity index (χ3n) is 3.49. The summed E-state index contributed by atoms with van der Waals surface area (Å²) in [7, 11) is 1.79. The number of carbonyl (C=O) groups is 1. The van der Waals surface area contributed by atoms with Gasteiger partial charge in [-0.25, -0.2) is 0 Å². The molecule has 0 spiro atoms. The van der Waals surface area contributed by atoms with E-state index in [4.69, 9.17) is 9.84 Å². The molecular formula is C15H21NO3. The molecule has 0 aromatic heterocycles. The molecule has 1 N–H and O–H groups in total. The predicted molar refractivity (Wildman–Crippen MR) is 74.6 cm³/mol. The Morgan fingerprint density at radius 3 is 2.84 bits per heavy atom. The second kappa shape index (κ2) is 6.06. The predicted octanol–water partition coefficient (Wildman–Crippen LogP) is 2.14. The summed E-state index contributed by atoms with van der Waals surface area (Å²) in [6.07, 6.45) is 3.48. The van der Waals surface area contributed by atoms with Gasteiger partial charge in [0.15, 0.2) is 6.10 Å². The molecule has 1 aliphatic rings. The largest absolute Gasteiger partial charge is 0.479 e. The van der Waals surface area contributed by atoms with Crippen LogP contribution in [0.4, 0.5) is 5.69 Å². The van der Waals surface area contributed by atoms with E-state index in [2.05, 4.69) is 0 Å². The second-order valence-electron chi connectivity index (χ2n) is 4.99. The van der Waals surface area contributed by atoms with Crippen molar-refractivity contribution in [2.24, 2.45) is 0 Å². The fourth-order valence-corrected chi connectivity index (χ4v) is 2.33. The van der Waals surface area contributed by atoms with Gasteiger partial charge in [0.05, 0.1) is 5.69 Å². The molecule has 0 radical (unpaired) electrons. The zero-order valence-corrected chi connectivity index (χ0v) is 11.6. The van der Waals surface area contributed by atoms with Gasteiger partial charge in [-0.1, -0.05) is 12.5 Å². The van der Waals surface area contributed by atoms with Crippen molar-refractivity contribution in [1.29, 1.82) is 0 Å². The van der Waals surface area contributed by atoms with Gasteiger partial charge in [0, 0.05) is 13.7 Å². The lowest BCUT2D eigenvalue weighted by Gasteiger charge is -2.30. The van der Waals surface area contributed by atoms with Crippen molar-refractivity contribution < 1.29 is 14.6 Å². The first-order valence-electron chi connectivity index (χ1n) is 6.81. The van der Waals surface area contributed by atoms with Crippen LogP contribution in [-0.4, -0.2) is 30.8 Å². The topological polar surface area (TPSA) is 49.8 Å². The van der Waals surface area contributed by atoms with Crippen LogP contribution in [0.1, 0.15) is 31.7 Å². The zero-order valence-electron chi connectivity index (χ0n) is 11.6. The highest BCUT2D eigenvalue weighted by Gasteiger charge is 2.28. The Bertz CT molecular complexity index is 459. The maximum Gasteiger partial charge on any atom is 0.267 e. The van der Waals surface area contributed by atoms with Gasteiger partial charge in [0.2, 0.25) is 0 Å². The van der Waals surface area contributed by atoms with Crippen molar-refractivity contribution in [3.63, 3.8) is 0 Å². The number of benzene rings is 1. The van der Waals surface area contributed by atoms with E-state index in [1.165, 1.54) is 5.56 Å². The van der Waals surface area contributed by atoms with Crippen LogP contribution in [0.2, 0.25) is 0 Å². The molecule has 104 valence electrons. The third kappa shape index (κ3) is 3.07. The molecule has 1 amide bonds. The molecule has 0 aliphatic carbocycles. The van der Waals surface area contributed by atoms with Crippen LogP contribution < -0.4 is 9.64 Å². The first kappa shape index (κ1) is 13.9. The number of aryl methyl sites for hydroxylation is 1. The van der Waals surface area contributed by atoms with E-state index >= 15 is 0 Å². The van der Waals surface area contributed by atoms with Crippen LogP contribution in [0.3, 0.4) is 0 Å². The number of fused-ring (bicyclic) bond motifs is 1. The minimum Gasteiger partial charge on any atom is -0.479 e. The molecule has 1 aromatic carbocycles. The summed E-state index contributed by atoms with van der Waals surface area (Å²) in [4.78, 5) is 13.5. The maximum atomic E-state index is 11.9. The van der Waals surface area contributed by atoms with Gasteiger partial charge >= 0.3 is 0 Å². The average Bonchev–Trinajstić information content (AvgIpc) is 2.42. The van der Waals surface area contributed by atoms with Crippen molar-refractivity contribution in [3.8, 4) is 5.75 Å². The lowest BCUT2D eigenvalue weighted by atomic mass is 10.0. The van der Waals surface area contributed by atoms with Crippen LogP contribution in [0, 0.1) is 0 Å². The third-order valence-corrected chi connectivity index (χ3v) is 3.49. The first-order valence-corrected chi connectivity index (χ1v) is 6.81. The molecule has 0 saturated carbocycles. The van der Waals surface area contributed by atoms with Crippen LogP contribution in [0.15, 0.2) is 18.2 Å². The van der Waals surface area contributed by atoms with E-state index in [0.717, 1.165) is 37.1 Å². The fourth-order valence-electron chi connectivity index (χ4n) is 2.33. The normalized spacial score (nSPS) is 18.2. The van der Waals surface area contributed by atoms with E-state index in [1.807, 2.05) is 18.2 Å². The summed E-state index contributed by atoms with van der Waals surface area (Å²) in [5, 5.41) is 8.75. The Hall–Kier alpha value is -1.55. The van der Waals surface area contributed by atoms with Crippen LogP contribution >= 0.6 is 0 Å². The van der Waals surface area contributed by atoms with E-state index in [-0.39, 0.29) is 12.5 Å². The molecule has 0 saturated heterocycles. The highest BCUT2D eigenvalue weighted by Crippen LogP contribution is 2.34. The minimum atomic E-state index is -0.409. The Balaban J connectivity index is 2.08. The molecule has 1 aromatic rings. The van der Waals surface area contributed by atoms with Crippen molar-refractivity contribution in [2.75, 3.05) is 18.6 Å². The number of nitrogens with zero attached hydrogens (tertiary/aromatic N) is 1. The zero-order chi connectivity index (χ0) is 13.8. The van der Waals surface area contributed by atoms with E-state index in [0.29, 0.717) is 0 Å². The molecule has 2 rings (SSSR count). The molecular weight excluding hydrogens is 242 g/mol. The van der Waals surface area contributed by atoms with Crippen molar-refractivity contribution in [3.05, 3.63) is 23.8 Å². The number of aliphatic hydroxyl groups excluding tert-OH is 1. The average molecular weight is 263 g/mol. The molecule has 1 heterocycles. The van der Waals surface area contributed by atoms with Gasteiger partial charge < -0.3 is 14.7 Å². The minimum absolute atomic E-state index is 0.00932. The molecule has 1 unspecified atom stereocenters. The summed E-state index contributed by atoms with van der Waals surface area (Å²) < 4.78 is 5.59. The fraction of sp³-hybridized carbons (Fsp3) is 0.533. The molecule has 1 atom stereocenters. The summed E-state index contributed by atoms with van der Waals surface area (Å²) in [5.74, 6) is 0.763. The number of amides is 1. The van der Waals surface area contributed by atoms with E-state index < -0.39 is 6.10 Å². The maximum absolute atomic E-state index is 11.9. The molecule has 19 heavy (non-hydrogen) atoms. The molecule has 4 heteroatoms. The highest BCUT2D eigenvalue weighted by atomic mass is 16.5. The van der Waals surface area contributed by atoms with Crippen molar-refractivity contribution in [1.82, 2.24) is 0 Å². The van der Waals surface area contributed by atoms with Crippen molar-refractivity contribution in [2.45, 2.75) is 38.7 Å². The number of hydrogen-bond acceptors (Lipinski definition) is 3.